The summed E-state index contributed by atoms with van der Waals surface area (Å²) in [6.07, 6.45) is 0.691. The second-order valence-electron chi connectivity index (χ2n) is 4.63. The number of anilines is 1. The molecule has 0 saturated carbocycles. The van der Waals surface area contributed by atoms with Gasteiger partial charge in [0.1, 0.15) is 11.7 Å². The maximum absolute atomic E-state index is 11.3. The van der Waals surface area contributed by atoms with E-state index in [4.69, 9.17) is 11.6 Å². The van der Waals surface area contributed by atoms with Crippen molar-refractivity contribution in [1.82, 2.24) is 0 Å². The molecule has 1 N–H and O–H groups in total. The average molecular weight is 285 g/mol. The summed E-state index contributed by atoms with van der Waals surface area (Å²) < 4.78 is 0. The lowest BCUT2D eigenvalue weighted by molar-refractivity contribution is -0.384. The highest BCUT2D eigenvalue weighted by molar-refractivity contribution is 6.30. The first-order valence-corrected chi connectivity index (χ1v) is 6.23. The molecule has 2 rings (SSSR count). The minimum absolute atomic E-state index is 0.0483. The van der Waals surface area contributed by atoms with Gasteiger partial charge in [0.25, 0.3) is 5.69 Å². The van der Waals surface area contributed by atoms with Crippen LogP contribution in [0.1, 0.15) is 13.3 Å². The number of carboxylic acids is 1. The summed E-state index contributed by atoms with van der Waals surface area (Å²) in [5, 5.41) is 20.6. The lowest BCUT2D eigenvalue weighted by atomic mass is 10.0. The van der Waals surface area contributed by atoms with E-state index in [9.17, 15) is 20.0 Å². The van der Waals surface area contributed by atoms with Gasteiger partial charge in [-0.3, -0.25) is 10.1 Å². The van der Waals surface area contributed by atoms with E-state index in [2.05, 4.69) is 0 Å². The molecule has 0 spiro atoms. The smallest absolute Gasteiger partial charge is 0.326 e. The molecule has 2 unspecified atom stereocenters. The van der Waals surface area contributed by atoms with E-state index < -0.39 is 16.9 Å². The van der Waals surface area contributed by atoms with Crippen molar-refractivity contribution in [2.24, 2.45) is 5.92 Å². The number of nitro benzene ring substituents is 1. The Morgan fingerprint density at radius 2 is 2.26 bits per heavy atom. The maximum Gasteiger partial charge on any atom is 0.326 e. The molecule has 6 nitrogen and oxygen atoms in total. The number of hydrogen-bond donors (Lipinski definition) is 1. The van der Waals surface area contributed by atoms with Crippen LogP contribution in [0.5, 0.6) is 0 Å². The third-order valence-electron chi connectivity index (χ3n) is 3.40. The summed E-state index contributed by atoms with van der Waals surface area (Å²) in [6.45, 7) is 2.32. The number of carbonyl (C=O) groups is 1. The minimum Gasteiger partial charge on any atom is -0.480 e. The van der Waals surface area contributed by atoms with Crippen LogP contribution in [0.4, 0.5) is 11.4 Å². The predicted octanol–water partition coefficient (Wildman–Crippen LogP) is 2.55. The number of nitrogens with zero attached hydrogens (tertiary/aromatic N) is 2. The summed E-state index contributed by atoms with van der Waals surface area (Å²) in [6, 6.07) is 3.55. The quantitative estimate of drug-likeness (QED) is 0.681. The van der Waals surface area contributed by atoms with Crippen LogP contribution in [0.25, 0.3) is 0 Å². The predicted molar refractivity (Wildman–Crippen MR) is 70.7 cm³/mol. The lowest BCUT2D eigenvalue weighted by Crippen LogP contribution is -2.39. The normalized spacial score (nSPS) is 22.5. The van der Waals surface area contributed by atoms with Crippen LogP contribution in [-0.4, -0.2) is 28.6 Å². The number of aliphatic carboxylic acids is 1. The summed E-state index contributed by atoms with van der Waals surface area (Å²) >= 11 is 5.76. The number of nitro groups is 1. The molecule has 1 aliphatic heterocycles. The van der Waals surface area contributed by atoms with E-state index in [1.807, 2.05) is 6.92 Å². The van der Waals surface area contributed by atoms with Crippen LogP contribution in [0, 0.1) is 16.0 Å². The van der Waals surface area contributed by atoms with Crippen LogP contribution < -0.4 is 4.90 Å². The molecule has 1 heterocycles. The molecule has 2 atom stereocenters. The summed E-state index contributed by atoms with van der Waals surface area (Å²) in [7, 11) is 0. The van der Waals surface area contributed by atoms with Gasteiger partial charge in [-0.1, -0.05) is 18.5 Å². The third-order valence-corrected chi connectivity index (χ3v) is 3.63. The molecular formula is C12H13ClN2O4. The first-order valence-electron chi connectivity index (χ1n) is 5.85. The molecule has 7 heteroatoms. The highest BCUT2D eigenvalue weighted by Gasteiger charge is 2.39. The van der Waals surface area contributed by atoms with Crippen molar-refractivity contribution in [2.45, 2.75) is 19.4 Å². The molecule has 102 valence electrons. The van der Waals surface area contributed by atoms with Crippen molar-refractivity contribution in [3.8, 4) is 0 Å². The standard InChI is InChI=1S/C12H13ClN2O4/c1-7-4-5-14(11(7)12(16)17)9-3-2-8(13)6-10(9)15(18)19/h2-3,6-7,11H,4-5H2,1H3,(H,16,17). The molecule has 1 saturated heterocycles. The average Bonchev–Trinajstić information content (AvgIpc) is 2.70. The van der Waals surface area contributed by atoms with Gasteiger partial charge in [0.2, 0.25) is 0 Å². The van der Waals surface area contributed by atoms with E-state index in [1.54, 1.807) is 4.90 Å². The molecule has 1 aromatic carbocycles. The molecule has 0 radical (unpaired) electrons. The Labute approximate surface area is 114 Å². The van der Waals surface area contributed by atoms with Gasteiger partial charge in [-0.05, 0) is 24.5 Å². The summed E-state index contributed by atoms with van der Waals surface area (Å²) in [4.78, 5) is 23.4. The monoisotopic (exact) mass is 284 g/mol. The summed E-state index contributed by atoms with van der Waals surface area (Å²) in [5.41, 5.74) is 0.152. The van der Waals surface area contributed by atoms with E-state index in [-0.39, 0.29) is 16.6 Å². The molecule has 1 fully saturated rings. The van der Waals surface area contributed by atoms with Gasteiger partial charge in [-0.15, -0.1) is 0 Å². The van der Waals surface area contributed by atoms with Crippen molar-refractivity contribution < 1.29 is 14.8 Å². The zero-order chi connectivity index (χ0) is 14.2. The molecule has 1 aromatic rings. The van der Waals surface area contributed by atoms with Crippen molar-refractivity contribution in [3.63, 3.8) is 0 Å². The zero-order valence-corrected chi connectivity index (χ0v) is 11.0. The fourth-order valence-corrected chi connectivity index (χ4v) is 2.65. The van der Waals surface area contributed by atoms with Gasteiger partial charge in [0.15, 0.2) is 0 Å². The second kappa shape index (κ2) is 5.05. The molecule has 0 aliphatic carbocycles. The van der Waals surface area contributed by atoms with Gasteiger partial charge in [0.05, 0.1) is 4.92 Å². The van der Waals surface area contributed by atoms with Gasteiger partial charge < -0.3 is 10.0 Å². The second-order valence-corrected chi connectivity index (χ2v) is 5.07. The van der Waals surface area contributed by atoms with Gasteiger partial charge in [-0.2, -0.15) is 0 Å². The van der Waals surface area contributed by atoms with Crippen molar-refractivity contribution in [3.05, 3.63) is 33.3 Å². The van der Waals surface area contributed by atoms with Crippen molar-refractivity contribution in [1.29, 1.82) is 0 Å². The first kappa shape index (κ1) is 13.6. The minimum atomic E-state index is -0.964. The molecule has 0 amide bonds. The number of hydrogen-bond acceptors (Lipinski definition) is 4. The van der Waals surface area contributed by atoms with E-state index in [0.29, 0.717) is 18.7 Å². The van der Waals surface area contributed by atoms with Crippen LogP contribution in [0.2, 0.25) is 5.02 Å². The van der Waals surface area contributed by atoms with Gasteiger partial charge >= 0.3 is 5.97 Å². The van der Waals surface area contributed by atoms with E-state index in [1.165, 1.54) is 18.2 Å². The van der Waals surface area contributed by atoms with E-state index >= 15 is 0 Å². The Balaban J connectivity index is 2.47. The fourth-order valence-electron chi connectivity index (χ4n) is 2.48. The largest absolute Gasteiger partial charge is 0.480 e. The van der Waals surface area contributed by atoms with Crippen molar-refractivity contribution in [2.75, 3.05) is 11.4 Å². The Kier molecular flexibility index (Phi) is 3.61. The molecule has 1 aliphatic rings. The van der Waals surface area contributed by atoms with Crippen LogP contribution in [-0.2, 0) is 4.79 Å². The first-order chi connectivity index (χ1) is 8.91. The van der Waals surface area contributed by atoms with Crippen LogP contribution >= 0.6 is 11.6 Å². The van der Waals surface area contributed by atoms with Crippen molar-refractivity contribution >= 4 is 28.9 Å². The Morgan fingerprint density at radius 1 is 1.58 bits per heavy atom. The summed E-state index contributed by atoms with van der Waals surface area (Å²) in [5.74, 6) is -1.01. The fraction of sp³-hybridized carbons (Fsp3) is 0.417. The topological polar surface area (TPSA) is 83.7 Å². The number of rotatable bonds is 3. The highest BCUT2D eigenvalue weighted by atomic mass is 35.5. The van der Waals surface area contributed by atoms with Gasteiger partial charge in [0, 0.05) is 17.6 Å². The van der Waals surface area contributed by atoms with E-state index in [0.717, 1.165) is 0 Å². The maximum atomic E-state index is 11.3. The number of benzene rings is 1. The lowest BCUT2D eigenvalue weighted by Gasteiger charge is -2.25. The Hall–Kier alpha value is -1.82. The third kappa shape index (κ3) is 2.49. The number of halogens is 1. The molecule has 0 aromatic heterocycles. The highest BCUT2D eigenvalue weighted by Crippen LogP contribution is 2.37. The Morgan fingerprint density at radius 3 is 2.84 bits per heavy atom. The van der Waals surface area contributed by atoms with Gasteiger partial charge in [-0.25, -0.2) is 4.79 Å². The molecule has 0 bridgehead atoms. The van der Waals surface area contributed by atoms with Crippen LogP contribution in [0.15, 0.2) is 18.2 Å². The zero-order valence-electron chi connectivity index (χ0n) is 10.2. The Bertz CT molecular complexity index is 534. The molecular weight excluding hydrogens is 272 g/mol. The number of carboxylic acid groups (broad SMARTS) is 1. The van der Waals surface area contributed by atoms with Crippen LogP contribution in [0.3, 0.4) is 0 Å². The molecule has 19 heavy (non-hydrogen) atoms. The SMILES string of the molecule is CC1CCN(c2ccc(Cl)cc2[N+](=O)[O-])C1C(=O)O.